The Morgan fingerprint density at radius 1 is 0.897 bits per heavy atom. The first-order chi connectivity index (χ1) is 13.9. The standard InChI is InChI=1S/C22H21N3O3S/c1-16-7-11-20(12-8-16)29(27,28)25-14-13-17-9-10-19(15-21(17)25)24-22(26)23-18-5-3-2-4-6-18/h2-12,15H,13-14H2,1H3,(H2,23,24,26). The molecule has 0 aliphatic carbocycles. The number of carbonyl (C=O) groups excluding carboxylic acids is 1. The SMILES string of the molecule is Cc1ccc(S(=O)(=O)N2CCc3ccc(NC(=O)Nc4ccccc4)cc32)cc1. The molecular weight excluding hydrogens is 386 g/mol. The van der Waals surface area contributed by atoms with Gasteiger partial charge >= 0.3 is 6.03 Å². The maximum atomic E-state index is 13.1. The van der Waals surface area contributed by atoms with Gasteiger partial charge in [0.15, 0.2) is 0 Å². The van der Waals surface area contributed by atoms with Crippen LogP contribution < -0.4 is 14.9 Å². The van der Waals surface area contributed by atoms with Gasteiger partial charge in [-0.2, -0.15) is 0 Å². The summed E-state index contributed by atoms with van der Waals surface area (Å²) in [6.07, 6.45) is 0.636. The Kier molecular flexibility index (Phi) is 4.98. The molecule has 0 spiro atoms. The van der Waals surface area contributed by atoms with Gasteiger partial charge in [-0.05, 0) is 55.3 Å². The molecule has 29 heavy (non-hydrogen) atoms. The summed E-state index contributed by atoms with van der Waals surface area (Å²) < 4.78 is 27.6. The van der Waals surface area contributed by atoms with Crippen LogP contribution in [0.25, 0.3) is 0 Å². The maximum absolute atomic E-state index is 13.1. The summed E-state index contributed by atoms with van der Waals surface area (Å²) in [7, 11) is -3.66. The number of benzene rings is 3. The number of hydrogen-bond acceptors (Lipinski definition) is 3. The Bertz CT molecular complexity index is 1140. The molecule has 0 atom stereocenters. The number of rotatable bonds is 4. The molecule has 0 saturated carbocycles. The molecule has 1 heterocycles. The van der Waals surface area contributed by atoms with Gasteiger partial charge in [-0.3, -0.25) is 4.31 Å². The summed E-state index contributed by atoms with van der Waals surface area (Å²) in [6, 6.07) is 20.9. The lowest BCUT2D eigenvalue weighted by molar-refractivity contribution is 0.262. The minimum absolute atomic E-state index is 0.260. The molecule has 7 heteroatoms. The smallest absolute Gasteiger partial charge is 0.308 e. The molecule has 1 aliphatic rings. The quantitative estimate of drug-likeness (QED) is 0.673. The number of hydrogen-bond donors (Lipinski definition) is 2. The van der Waals surface area contributed by atoms with E-state index in [0.717, 1.165) is 11.1 Å². The molecular formula is C22H21N3O3S. The molecule has 4 rings (SSSR count). The van der Waals surface area contributed by atoms with Gasteiger partial charge in [0.1, 0.15) is 0 Å². The van der Waals surface area contributed by atoms with E-state index in [1.165, 1.54) is 4.31 Å². The van der Waals surface area contributed by atoms with E-state index < -0.39 is 10.0 Å². The van der Waals surface area contributed by atoms with Crippen LogP contribution in [0.4, 0.5) is 21.9 Å². The lowest BCUT2D eigenvalue weighted by atomic mass is 10.1. The molecule has 3 aromatic rings. The van der Waals surface area contributed by atoms with E-state index in [9.17, 15) is 13.2 Å². The van der Waals surface area contributed by atoms with Gasteiger partial charge in [-0.15, -0.1) is 0 Å². The fourth-order valence-electron chi connectivity index (χ4n) is 3.33. The normalized spacial score (nSPS) is 13.1. The van der Waals surface area contributed by atoms with Gasteiger partial charge in [0.05, 0.1) is 10.6 Å². The predicted molar refractivity (Wildman–Crippen MR) is 115 cm³/mol. The lowest BCUT2D eigenvalue weighted by Crippen LogP contribution is -2.29. The third kappa shape index (κ3) is 3.95. The van der Waals surface area contributed by atoms with Crippen molar-refractivity contribution < 1.29 is 13.2 Å². The summed E-state index contributed by atoms with van der Waals surface area (Å²) in [5, 5.41) is 5.52. The molecule has 0 fully saturated rings. The van der Waals surface area contributed by atoms with E-state index in [2.05, 4.69) is 10.6 Å². The number of sulfonamides is 1. The highest BCUT2D eigenvalue weighted by Crippen LogP contribution is 2.35. The number of nitrogens with zero attached hydrogens (tertiary/aromatic N) is 1. The molecule has 3 aromatic carbocycles. The molecule has 2 amide bonds. The van der Waals surface area contributed by atoms with Gasteiger partial charge in [0.2, 0.25) is 0 Å². The zero-order valence-electron chi connectivity index (χ0n) is 15.9. The highest BCUT2D eigenvalue weighted by Gasteiger charge is 2.31. The number of fused-ring (bicyclic) bond motifs is 1. The van der Waals surface area contributed by atoms with Crippen LogP contribution in [-0.4, -0.2) is 21.0 Å². The summed E-state index contributed by atoms with van der Waals surface area (Å²) >= 11 is 0. The van der Waals surface area contributed by atoms with E-state index in [1.54, 1.807) is 48.5 Å². The number of nitrogens with one attached hydrogen (secondary N) is 2. The molecule has 0 saturated heterocycles. The monoisotopic (exact) mass is 407 g/mol. The number of anilines is 3. The van der Waals surface area contributed by atoms with Crippen LogP contribution in [0.5, 0.6) is 0 Å². The van der Waals surface area contributed by atoms with Crippen molar-refractivity contribution in [3.8, 4) is 0 Å². The third-order valence-electron chi connectivity index (χ3n) is 4.84. The van der Waals surface area contributed by atoms with Crippen LogP contribution in [0.15, 0.2) is 77.7 Å². The van der Waals surface area contributed by atoms with E-state index >= 15 is 0 Å². The van der Waals surface area contributed by atoms with Crippen LogP contribution in [0.2, 0.25) is 0 Å². The average molecular weight is 407 g/mol. The first kappa shape index (κ1) is 19.0. The topological polar surface area (TPSA) is 78.5 Å². The second-order valence-electron chi connectivity index (χ2n) is 6.93. The fourth-order valence-corrected chi connectivity index (χ4v) is 4.82. The van der Waals surface area contributed by atoms with Crippen molar-refractivity contribution in [2.24, 2.45) is 0 Å². The molecule has 2 N–H and O–H groups in total. The van der Waals surface area contributed by atoms with Crippen LogP contribution in [-0.2, 0) is 16.4 Å². The number of carbonyl (C=O) groups is 1. The van der Waals surface area contributed by atoms with Crippen molar-refractivity contribution in [1.82, 2.24) is 0 Å². The molecule has 148 valence electrons. The molecule has 0 unspecified atom stereocenters. The Morgan fingerprint density at radius 2 is 1.59 bits per heavy atom. The van der Waals surface area contributed by atoms with Gasteiger partial charge in [-0.1, -0.05) is 42.0 Å². The molecule has 0 aromatic heterocycles. The average Bonchev–Trinajstić information content (AvgIpc) is 3.13. The molecule has 0 radical (unpaired) electrons. The van der Waals surface area contributed by atoms with Gasteiger partial charge in [-0.25, -0.2) is 13.2 Å². The van der Waals surface area contributed by atoms with Crippen LogP contribution in [0.1, 0.15) is 11.1 Å². The second kappa shape index (κ2) is 7.60. The first-order valence-corrected chi connectivity index (χ1v) is 10.7. The largest absolute Gasteiger partial charge is 0.323 e. The van der Waals surface area contributed by atoms with Gasteiger partial charge in [0.25, 0.3) is 10.0 Å². The lowest BCUT2D eigenvalue weighted by Gasteiger charge is -2.20. The van der Waals surface area contributed by atoms with Crippen molar-refractivity contribution in [2.45, 2.75) is 18.2 Å². The van der Waals surface area contributed by atoms with Crippen molar-refractivity contribution >= 4 is 33.1 Å². The predicted octanol–water partition coefficient (Wildman–Crippen LogP) is 4.39. The Hall–Kier alpha value is -3.32. The summed E-state index contributed by atoms with van der Waals surface area (Å²) in [4.78, 5) is 12.5. The second-order valence-corrected chi connectivity index (χ2v) is 8.79. The van der Waals surface area contributed by atoms with Crippen LogP contribution in [0, 0.1) is 6.92 Å². The molecule has 1 aliphatic heterocycles. The maximum Gasteiger partial charge on any atom is 0.323 e. The number of amides is 2. The van der Waals surface area contributed by atoms with E-state index in [0.29, 0.717) is 30.0 Å². The van der Waals surface area contributed by atoms with E-state index in [4.69, 9.17) is 0 Å². The number of aryl methyl sites for hydroxylation is 1. The minimum Gasteiger partial charge on any atom is -0.308 e. The zero-order chi connectivity index (χ0) is 20.4. The molecule has 6 nitrogen and oxygen atoms in total. The zero-order valence-corrected chi connectivity index (χ0v) is 16.7. The van der Waals surface area contributed by atoms with Crippen molar-refractivity contribution in [2.75, 3.05) is 21.5 Å². The van der Waals surface area contributed by atoms with Gasteiger partial charge in [0, 0.05) is 17.9 Å². The molecule has 0 bridgehead atoms. The van der Waals surface area contributed by atoms with E-state index in [1.807, 2.05) is 31.2 Å². The Labute approximate surface area is 170 Å². The van der Waals surface area contributed by atoms with Gasteiger partial charge < -0.3 is 10.6 Å². The summed E-state index contributed by atoms with van der Waals surface area (Å²) in [5.74, 6) is 0. The van der Waals surface area contributed by atoms with Crippen LogP contribution in [0.3, 0.4) is 0 Å². The first-order valence-electron chi connectivity index (χ1n) is 9.29. The summed E-state index contributed by atoms with van der Waals surface area (Å²) in [6.45, 7) is 2.30. The number of para-hydroxylation sites is 1. The van der Waals surface area contributed by atoms with E-state index in [-0.39, 0.29) is 10.9 Å². The summed E-state index contributed by atoms with van der Waals surface area (Å²) in [5.41, 5.74) is 3.75. The Morgan fingerprint density at radius 3 is 2.31 bits per heavy atom. The van der Waals surface area contributed by atoms with Crippen LogP contribution >= 0.6 is 0 Å². The number of urea groups is 1. The van der Waals surface area contributed by atoms with Crippen molar-refractivity contribution in [1.29, 1.82) is 0 Å². The van der Waals surface area contributed by atoms with Crippen molar-refractivity contribution in [3.63, 3.8) is 0 Å². The fraction of sp³-hybridized carbons (Fsp3) is 0.136. The minimum atomic E-state index is -3.66. The van der Waals surface area contributed by atoms with Crippen molar-refractivity contribution in [3.05, 3.63) is 83.9 Å². The third-order valence-corrected chi connectivity index (χ3v) is 6.66. The highest BCUT2D eigenvalue weighted by atomic mass is 32.2. The Balaban J connectivity index is 1.56. The highest BCUT2D eigenvalue weighted by molar-refractivity contribution is 7.92.